The number of hydrogen-bond acceptors (Lipinski definition) is 25. The first-order chi connectivity index (χ1) is 70.2. The first kappa shape index (κ1) is 104. The van der Waals surface area contributed by atoms with Crippen molar-refractivity contribution in [3.05, 3.63) is 420 Å². The standard InChI is InChI=1S/C24H18N4O2S.2C22H23N5O2.C21H21N5O2.C20H19N5O2/c29-22(17-10-4-1-5-11-17)25-20-16-21(31-19-14-8-3-9-15-19)27-24(26-20)28-23(30)18-12-6-2-7-13-18;1-3-27(4-2)19-15-18(23-20(28)16-11-7-5-8-12-16)24-22(25-19)26-21(29)17-13-9-6-10-14-17;1-2-3-14-23-18-15-19(24-20(28)16-10-6-4-7-11-16)26-22(25-18)27-21(29)17-12-8-5-9-13-17;1-2-13-22-17-14-18(23-19(27)15-9-5-3-6-10-15)25-21(24-17)26-20(28)16-11-7-4-8-12-16;1-2-21-16-13-17(22-18(26)14-9-5-3-6-10-14)24-20(23-16)25-19(27)15-11-7-4-8-12-15/h1-16H,(H2,25,26,27,28,29,30);5-15H,3-4H2,1-2H3,(H2,23,24,25,26,28,29);4-13,15H,2-3,14H2,1H3,(H3,23,24,25,26,27,28,29);3-12,14H,2,13H2,1H3,(H3,22,23,24,25,26,27,28);3-13H,2H2,1H3,(H3,21,22,23,24,25,26,27). The third-order valence-corrected chi connectivity index (χ3v) is 21.0. The second-order valence-corrected chi connectivity index (χ2v) is 31.9. The van der Waals surface area contributed by atoms with E-state index in [9.17, 15) is 47.9 Å². The Balaban J connectivity index is 0.000000161. The number of nitrogens with zero attached hydrogens (tertiary/aromatic N) is 11. The highest BCUT2D eigenvalue weighted by Crippen LogP contribution is 2.30. The second kappa shape index (κ2) is 55.5. The SMILES string of the molecule is CCCCNc1cc(NC(=O)c2ccccc2)nc(NC(=O)c2ccccc2)n1.CCCNc1cc(NC(=O)c2ccccc2)nc(NC(=O)c2ccccc2)n1.CCN(CC)c1cc(NC(=O)c2ccccc2)nc(NC(=O)c2ccccc2)n1.CCNc1cc(NC(=O)c2ccccc2)nc(NC(=O)c2ccccc2)n1.O=C(Nc1cc(Sc2ccccc2)nc(NC(=O)c2ccccc2)n1)c1ccccc1. The van der Waals surface area contributed by atoms with E-state index in [1.165, 1.54) is 11.8 Å². The number of amides is 10. The summed E-state index contributed by atoms with van der Waals surface area (Å²) in [6, 6.07) is 106. The van der Waals surface area contributed by atoms with Crippen molar-refractivity contribution < 1.29 is 47.9 Å². The zero-order valence-corrected chi connectivity index (χ0v) is 80.0. The van der Waals surface area contributed by atoms with Crippen LogP contribution in [0.15, 0.2) is 374 Å². The summed E-state index contributed by atoms with van der Waals surface area (Å²) in [6.07, 6.45) is 2.91. The number of aromatic nitrogens is 10. The molecule has 0 saturated carbocycles. The van der Waals surface area contributed by atoms with Crippen molar-refractivity contribution in [1.82, 2.24) is 49.8 Å². The van der Waals surface area contributed by atoms with Crippen molar-refractivity contribution in [3.8, 4) is 0 Å². The predicted octanol–water partition coefficient (Wildman–Crippen LogP) is 20.4. The average molecular weight is 1940 g/mol. The van der Waals surface area contributed by atoms with Crippen molar-refractivity contribution in [1.29, 1.82) is 0 Å². The molecule has 0 fully saturated rings. The van der Waals surface area contributed by atoms with Gasteiger partial charge >= 0.3 is 0 Å². The molecule has 35 heteroatoms. The van der Waals surface area contributed by atoms with E-state index in [0.29, 0.717) is 120 Å². The number of benzene rings is 11. The summed E-state index contributed by atoms with van der Waals surface area (Å²) in [4.78, 5) is 171. The highest BCUT2D eigenvalue weighted by molar-refractivity contribution is 7.99. The summed E-state index contributed by atoms with van der Waals surface area (Å²) < 4.78 is 0. The van der Waals surface area contributed by atoms with Gasteiger partial charge in [-0.25, -0.2) is 4.98 Å². The first-order valence-corrected chi connectivity index (χ1v) is 46.8. The van der Waals surface area contributed by atoms with E-state index < -0.39 is 0 Å². The number of carbonyl (C=O) groups excluding carboxylic acids is 10. The number of anilines is 14. The molecule has 34 nitrogen and oxygen atoms in total. The minimum absolute atomic E-state index is 0.102. The van der Waals surface area contributed by atoms with Gasteiger partial charge in [-0.15, -0.1) is 0 Å². The van der Waals surface area contributed by atoms with Gasteiger partial charge in [-0.3, -0.25) is 74.5 Å². The fourth-order valence-corrected chi connectivity index (χ4v) is 13.8. The van der Waals surface area contributed by atoms with E-state index in [0.717, 1.165) is 43.8 Å². The molecule has 0 bridgehead atoms. The van der Waals surface area contributed by atoms with Gasteiger partial charge in [0.25, 0.3) is 59.1 Å². The van der Waals surface area contributed by atoms with Gasteiger partial charge in [-0.2, -0.15) is 44.9 Å². The topological polar surface area (TPSA) is 459 Å². The van der Waals surface area contributed by atoms with Crippen LogP contribution in [0.5, 0.6) is 0 Å². The van der Waals surface area contributed by atoms with E-state index >= 15 is 0 Å². The molecule has 0 aliphatic rings. The summed E-state index contributed by atoms with van der Waals surface area (Å²) in [6.45, 7) is 13.6. The van der Waals surface area contributed by atoms with E-state index in [1.807, 2.05) is 124 Å². The minimum Gasteiger partial charge on any atom is -0.370 e. The van der Waals surface area contributed by atoms with Crippen LogP contribution in [0.2, 0.25) is 0 Å². The normalized spacial score (nSPS) is 10.2. The summed E-state index contributed by atoms with van der Waals surface area (Å²) >= 11 is 1.41. The first-order valence-electron chi connectivity index (χ1n) is 46.0. The molecule has 5 heterocycles. The van der Waals surface area contributed by atoms with Crippen LogP contribution in [0.25, 0.3) is 0 Å². The summed E-state index contributed by atoms with van der Waals surface area (Å²) in [5.74, 6) is 1.16. The Morgan fingerprint density at radius 2 is 0.438 bits per heavy atom. The van der Waals surface area contributed by atoms with Gasteiger partial charge in [0.1, 0.15) is 57.4 Å². The molecule has 10 amide bonds. The third-order valence-electron chi connectivity index (χ3n) is 20.1. The molecule has 0 atom stereocenters. The molecular formula is C109H104N24O10S. The highest BCUT2D eigenvalue weighted by Gasteiger charge is 2.22. The van der Waals surface area contributed by atoms with Gasteiger partial charge in [0.2, 0.25) is 29.7 Å². The Bertz CT molecular complexity index is 6560. The van der Waals surface area contributed by atoms with Crippen molar-refractivity contribution in [2.24, 2.45) is 0 Å². The van der Waals surface area contributed by atoms with E-state index in [4.69, 9.17) is 0 Å². The van der Waals surface area contributed by atoms with Crippen LogP contribution in [0.4, 0.5) is 82.1 Å². The number of hydrogen-bond donors (Lipinski definition) is 13. The molecule has 16 aromatic rings. The van der Waals surface area contributed by atoms with Gasteiger partial charge < -0.3 is 47.4 Å². The van der Waals surface area contributed by atoms with Gasteiger partial charge in [0, 0.05) is 124 Å². The van der Waals surface area contributed by atoms with Crippen LogP contribution < -0.4 is 74.0 Å². The fraction of sp³-hybridized carbons (Fsp3) is 0.119. The maximum Gasteiger partial charge on any atom is 0.258 e. The molecule has 0 aliphatic heterocycles. The van der Waals surface area contributed by atoms with Crippen LogP contribution in [0.1, 0.15) is 157 Å². The van der Waals surface area contributed by atoms with Crippen molar-refractivity contribution in [2.45, 2.75) is 63.8 Å². The van der Waals surface area contributed by atoms with Gasteiger partial charge in [0.05, 0.1) is 0 Å². The third kappa shape index (κ3) is 33.8. The molecule has 5 aromatic heterocycles. The molecule has 0 spiro atoms. The zero-order chi connectivity index (χ0) is 101. The number of unbranched alkanes of at least 4 members (excludes halogenated alkanes) is 1. The molecule has 0 saturated heterocycles. The maximum absolute atomic E-state index is 12.6. The van der Waals surface area contributed by atoms with E-state index in [-0.39, 0.29) is 94.6 Å². The van der Waals surface area contributed by atoms with Gasteiger partial charge in [-0.1, -0.05) is 232 Å². The van der Waals surface area contributed by atoms with E-state index in [2.05, 4.69) is 126 Å². The molecule has 0 unspecified atom stereocenters. The lowest BCUT2D eigenvalue weighted by Gasteiger charge is -2.21. The number of nitrogens with one attached hydrogen (secondary N) is 13. The molecule has 11 aromatic carbocycles. The molecule has 0 aliphatic carbocycles. The van der Waals surface area contributed by atoms with Gasteiger partial charge in [-0.05, 0) is 167 Å². The maximum atomic E-state index is 12.6. The van der Waals surface area contributed by atoms with Crippen LogP contribution >= 0.6 is 11.8 Å². The Labute approximate surface area is 836 Å². The fourth-order valence-electron chi connectivity index (χ4n) is 13.0. The molecule has 144 heavy (non-hydrogen) atoms. The number of rotatable bonds is 34. The average Bonchev–Trinajstić information content (AvgIpc) is 0.836. The Hall–Kier alpha value is -18.9. The highest BCUT2D eigenvalue weighted by atomic mass is 32.2. The molecule has 726 valence electrons. The van der Waals surface area contributed by atoms with Crippen LogP contribution in [0.3, 0.4) is 0 Å². The Morgan fingerprint density at radius 3 is 0.688 bits per heavy atom. The summed E-state index contributed by atoms with van der Waals surface area (Å²) in [7, 11) is 0. The molecular weight excluding hydrogens is 1840 g/mol. The summed E-state index contributed by atoms with van der Waals surface area (Å²) in [5, 5.41) is 37.3. The zero-order valence-electron chi connectivity index (χ0n) is 79.2. The van der Waals surface area contributed by atoms with Crippen LogP contribution in [-0.2, 0) is 0 Å². The largest absolute Gasteiger partial charge is 0.370 e. The van der Waals surface area contributed by atoms with Crippen LogP contribution in [-0.4, -0.2) is 142 Å². The van der Waals surface area contributed by atoms with Crippen molar-refractivity contribution in [2.75, 3.05) is 107 Å². The lowest BCUT2D eigenvalue weighted by atomic mass is 10.2. The second-order valence-electron chi connectivity index (χ2n) is 30.8. The predicted molar refractivity (Wildman–Crippen MR) is 565 cm³/mol. The lowest BCUT2D eigenvalue weighted by Crippen LogP contribution is -2.25. The minimum atomic E-state index is -0.331. The summed E-state index contributed by atoms with van der Waals surface area (Å²) in [5.41, 5.74) is 5.03. The van der Waals surface area contributed by atoms with Gasteiger partial charge in [0.15, 0.2) is 0 Å². The van der Waals surface area contributed by atoms with Crippen molar-refractivity contribution >= 4 is 153 Å². The molecule has 13 N–H and O–H groups in total. The molecule has 0 radical (unpaired) electrons. The van der Waals surface area contributed by atoms with Crippen LogP contribution in [0, 0.1) is 0 Å². The smallest absolute Gasteiger partial charge is 0.258 e. The Kier molecular flexibility index (Phi) is 40.1. The quantitative estimate of drug-likeness (QED) is 0.0132. The lowest BCUT2D eigenvalue weighted by molar-refractivity contribution is 0.101. The monoisotopic (exact) mass is 1940 g/mol. The van der Waals surface area contributed by atoms with E-state index in [1.54, 1.807) is 273 Å². The number of carbonyl (C=O) groups is 10. The molecule has 16 rings (SSSR count). The van der Waals surface area contributed by atoms with Crippen molar-refractivity contribution in [3.63, 3.8) is 0 Å². The Morgan fingerprint density at radius 1 is 0.222 bits per heavy atom.